The van der Waals surface area contributed by atoms with Crippen LogP contribution in [-0.4, -0.2) is 29.5 Å². The minimum atomic E-state index is -0.258. The summed E-state index contributed by atoms with van der Waals surface area (Å²) >= 11 is 0. The lowest BCUT2D eigenvalue weighted by molar-refractivity contribution is 0.0899. The molecule has 1 aromatic heterocycles. The van der Waals surface area contributed by atoms with Gasteiger partial charge in [0.1, 0.15) is 0 Å². The maximum Gasteiger partial charge on any atom is 0.252 e. The summed E-state index contributed by atoms with van der Waals surface area (Å²) in [5.74, 6) is 0.225. The van der Waals surface area contributed by atoms with Crippen molar-refractivity contribution in [1.82, 2.24) is 15.6 Å². The molecule has 2 heterocycles. The van der Waals surface area contributed by atoms with E-state index in [0.29, 0.717) is 17.0 Å². The summed E-state index contributed by atoms with van der Waals surface area (Å²) < 4.78 is 0. The van der Waals surface area contributed by atoms with Crippen molar-refractivity contribution in [2.24, 2.45) is 5.92 Å². The molecule has 1 aliphatic rings. The largest absolute Gasteiger partial charge is 0.347 e. The van der Waals surface area contributed by atoms with Crippen LogP contribution in [0.15, 0.2) is 35.1 Å². The van der Waals surface area contributed by atoms with Crippen molar-refractivity contribution in [2.45, 2.75) is 32.4 Å². The van der Waals surface area contributed by atoms with Crippen molar-refractivity contribution >= 4 is 16.8 Å². The molecule has 1 aromatic carbocycles. The summed E-state index contributed by atoms with van der Waals surface area (Å²) in [5, 5.41) is 7.25. The first-order valence-electron chi connectivity index (χ1n) is 7.72. The number of nitrogens with one attached hydrogen (secondary N) is 3. The molecule has 2 aromatic rings. The Morgan fingerprint density at radius 2 is 2.05 bits per heavy atom. The summed E-state index contributed by atoms with van der Waals surface area (Å²) in [5.41, 5.74) is 0.860. The maximum absolute atomic E-state index is 12.7. The SMILES string of the molecule is CC1CCNC(C)C1NC(=O)c1cc(=O)[nH]c2ccccc12. The van der Waals surface area contributed by atoms with Gasteiger partial charge in [-0.15, -0.1) is 0 Å². The Hall–Kier alpha value is -2.14. The molecule has 0 radical (unpaired) electrons. The summed E-state index contributed by atoms with van der Waals surface area (Å²) in [7, 11) is 0. The fourth-order valence-corrected chi connectivity index (χ4v) is 3.23. The van der Waals surface area contributed by atoms with Gasteiger partial charge in [-0.3, -0.25) is 9.59 Å². The number of aromatic nitrogens is 1. The highest BCUT2D eigenvalue weighted by Crippen LogP contribution is 2.19. The molecule has 0 bridgehead atoms. The van der Waals surface area contributed by atoms with Crippen molar-refractivity contribution in [3.8, 4) is 0 Å². The number of amides is 1. The van der Waals surface area contributed by atoms with Gasteiger partial charge in [-0.2, -0.15) is 0 Å². The number of rotatable bonds is 2. The van der Waals surface area contributed by atoms with Gasteiger partial charge in [-0.25, -0.2) is 0 Å². The first-order valence-corrected chi connectivity index (χ1v) is 7.72. The molecule has 1 saturated heterocycles. The number of aromatic amines is 1. The monoisotopic (exact) mass is 299 g/mol. The van der Waals surface area contributed by atoms with E-state index in [2.05, 4.69) is 29.5 Å². The average Bonchev–Trinajstić information content (AvgIpc) is 2.50. The van der Waals surface area contributed by atoms with Gasteiger partial charge in [0.2, 0.25) is 5.56 Å². The first kappa shape index (κ1) is 14.8. The van der Waals surface area contributed by atoms with Crippen LogP contribution in [0, 0.1) is 5.92 Å². The highest BCUT2D eigenvalue weighted by molar-refractivity contribution is 6.06. The Morgan fingerprint density at radius 3 is 2.82 bits per heavy atom. The summed E-state index contributed by atoms with van der Waals surface area (Å²) in [6, 6.07) is 9.04. The van der Waals surface area contributed by atoms with Gasteiger partial charge >= 0.3 is 0 Å². The second kappa shape index (κ2) is 5.93. The van der Waals surface area contributed by atoms with Crippen LogP contribution in [0.2, 0.25) is 0 Å². The van der Waals surface area contributed by atoms with Crippen LogP contribution in [0.25, 0.3) is 10.9 Å². The zero-order valence-corrected chi connectivity index (χ0v) is 12.8. The van der Waals surface area contributed by atoms with E-state index in [-0.39, 0.29) is 23.6 Å². The molecular formula is C17H21N3O2. The second-order valence-corrected chi connectivity index (χ2v) is 6.10. The van der Waals surface area contributed by atoms with Gasteiger partial charge in [-0.05, 0) is 31.9 Å². The number of carbonyl (C=O) groups is 1. The zero-order chi connectivity index (χ0) is 15.7. The van der Waals surface area contributed by atoms with Crippen molar-refractivity contribution in [3.63, 3.8) is 0 Å². The number of carbonyl (C=O) groups excluding carboxylic acids is 1. The lowest BCUT2D eigenvalue weighted by Gasteiger charge is -2.36. The predicted octanol–water partition coefficient (Wildman–Crippen LogP) is 1.64. The Kier molecular flexibility index (Phi) is 3.98. The Balaban J connectivity index is 1.94. The molecule has 3 rings (SSSR count). The minimum absolute atomic E-state index is 0.0688. The number of hydrogen-bond acceptors (Lipinski definition) is 3. The normalized spacial score (nSPS) is 25.1. The van der Waals surface area contributed by atoms with Crippen LogP contribution < -0.4 is 16.2 Å². The molecule has 0 aliphatic carbocycles. The second-order valence-electron chi connectivity index (χ2n) is 6.10. The molecule has 3 atom stereocenters. The number of fused-ring (bicyclic) bond motifs is 1. The molecule has 0 spiro atoms. The number of benzene rings is 1. The fraction of sp³-hybridized carbons (Fsp3) is 0.412. The first-order chi connectivity index (χ1) is 10.6. The summed E-state index contributed by atoms with van der Waals surface area (Å²) in [4.78, 5) is 27.2. The standard InChI is InChI=1S/C17H21N3O2/c1-10-7-8-18-11(2)16(10)20-17(22)13-9-15(21)19-14-6-4-3-5-12(13)14/h3-6,9-11,16,18H,7-8H2,1-2H3,(H,19,21)(H,20,22). The molecule has 116 valence electrons. The molecule has 3 unspecified atom stereocenters. The molecule has 1 amide bonds. The van der Waals surface area contributed by atoms with Gasteiger partial charge < -0.3 is 15.6 Å². The molecule has 5 nitrogen and oxygen atoms in total. The van der Waals surface area contributed by atoms with E-state index in [1.54, 1.807) is 6.07 Å². The molecule has 1 fully saturated rings. The number of pyridine rings is 1. The van der Waals surface area contributed by atoms with Crippen molar-refractivity contribution < 1.29 is 4.79 Å². The highest BCUT2D eigenvalue weighted by Gasteiger charge is 2.29. The molecular weight excluding hydrogens is 278 g/mol. The lowest BCUT2D eigenvalue weighted by Crippen LogP contribution is -2.56. The third-order valence-corrected chi connectivity index (χ3v) is 4.51. The Bertz CT molecular complexity index is 743. The van der Waals surface area contributed by atoms with E-state index < -0.39 is 0 Å². The van der Waals surface area contributed by atoms with Crippen LogP contribution in [0.1, 0.15) is 30.6 Å². The van der Waals surface area contributed by atoms with Gasteiger partial charge in [0, 0.05) is 29.1 Å². The highest BCUT2D eigenvalue weighted by atomic mass is 16.2. The van der Waals surface area contributed by atoms with Crippen LogP contribution >= 0.6 is 0 Å². The summed E-state index contributed by atoms with van der Waals surface area (Å²) in [6.07, 6.45) is 1.03. The van der Waals surface area contributed by atoms with E-state index in [1.807, 2.05) is 18.2 Å². The average molecular weight is 299 g/mol. The minimum Gasteiger partial charge on any atom is -0.347 e. The fourth-order valence-electron chi connectivity index (χ4n) is 3.23. The molecule has 1 aliphatic heterocycles. The van der Waals surface area contributed by atoms with Gasteiger partial charge in [0.25, 0.3) is 5.91 Å². The molecule has 5 heteroatoms. The van der Waals surface area contributed by atoms with E-state index in [9.17, 15) is 9.59 Å². The van der Waals surface area contributed by atoms with E-state index in [1.165, 1.54) is 6.07 Å². The topological polar surface area (TPSA) is 74.0 Å². The van der Waals surface area contributed by atoms with E-state index in [4.69, 9.17) is 0 Å². The Morgan fingerprint density at radius 1 is 1.27 bits per heavy atom. The van der Waals surface area contributed by atoms with Gasteiger partial charge in [-0.1, -0.05) is 25.1 Å². The number of para-hydroxylation sites is 1. The molecule has 3 N–H and O–H groups in total. The molecule has 0 saturated carbocycles. The zero-order valence-electron chi connectivity index (χ0n) is 12.8. The van der Waals surface area contributed by atoms with Gasteiger partial charge in [0.15, 0.2) is 0 Å². The number of H-pyrrole nitrogens is 1. The van der Waals surface area contributed by atoms with E-state index >= 15 is 0 Å². The van der Waals surface area contributed by atoms with Gasteiger partial charge in [0.05, 0.1) is 5.56 Å². The molecule has 22 heavy (non-hydrogen) atoms. The predicted molar refractivity (Wildman–Crippen MR) is 87.1 cm³/mol. The van der Waals surface area contributed by atoms with E-state index in [0.717, 1.165) is 18.4 Å². The number of piperidine rings is 1. The third-order valence-electron chi connectivity index (χ3n) is 4.51. The van der Waals surface area contributed by atoms with Crippen LogP contribution in [0.4, 0.5) is 0 Å². The van der Waals surface area contributed by atoms with Crippen molar-refractivity contribution in [3.05, 3.63) is 46.2 Å². The quantitative estimate of drug-likeness (QED) is 0.789. The Labute approximate surface area is 129 Å². The van der Waals surface area contributed by atoms with Crippen LogP contribution in [-0.2, 0) is 0 Å². The summed E-state index contributed by atoms with van der Waals surface area (Å²) in [6.45, 7) is 5.21. The van der Waals surface area contributed by atoms with Crippen LogP contribution in [0.3, 0.4) is 0 Å². The maximum atomic E-state index is 12.7. The van der Waals surface area contributed by atoms with Crippen molar-refractivity contribution in [2.75, 3.05) is 6.54 Å². The van der Waals surface area contributed by atoms with Crippen LogP contribution in [0.5, 0.6) is 0 Å². The van der Waals surface area contributed by atoms with Crippen molar-refractivity contribution in [1.29, 1.82) is 0 Å². The smallest absolute Gasteiger partial charge is 0.252 e. The lowest BCUT2D eigenvalue weighted by atomic mass is 9.89. The number of hydrogen-bond donors (Lipinski definition) is 3. The third kappa shape index (κ3) is 2.76.